The highest BCUT2D eigenvalue weighted by Gasteiger charge is 2.18. The van der Waals surface area contributed by atoms with Crippen LogP contribution in [-0.4, -0.2) is 46.7 Å². The van der Waals surface area contributed by atoms with E-state index < -0.39 is 5.91 Å². The van der Waals surface area contributed by atoms with Crippen LogP contribution in [0.2, 0.25) is 0 Å². The van der Waals surface area contributed by atoms with E-state index in [9.17, 15) is 9.59 Å². The largest absolute Gasteiger partial charge is 0.378 e. The standard InChI is InChI=1S/C11H14N6O3S/c12-15-7(18)5-17-6-13-9-8(10(17)19)21-11(14-9)16-1-3-20-4-2-16/h6H,1-5,12H2,(H,15,18). The van der Waals surface area contributed by atoms with Crippen molar-refractivity contribution in [3.05, 3.63) is 16.7 Å². The number of aromatic nitrogens is 3. The Labute approximate surface area is 123 Å². The molecular weight excluding hydrogens is 296 g/mol. The van der Waals surface area contributed by atoms with Crippen LogP contribution in [0.5, 0.6) is 0 Å². The molecule has 1 aliphatic rings. The van der Waals surface area contributed by atoms with E-state index in [-0.39, 0.29) is 12.1 Å². The lowest BCUT2D eigenvalue weighted by atomic mass is 10.5. The van der Waals surface area contributed by atoms with E-state index in [1.165, 1.54) is 22.2 Å². The molecule has 1 amide bonds. The van der Waals surface area contributed by atoms with Gasteiger partial charge in [-0.1, -0.05) is 11.3 Å². The Bertz CT molecular complexity index is 720. The van der Waals surface area contributed by atoms with Crippen molar-refractivity contribution in [3.63, 3.8) is 0 Å². The van der Waals surface area contributed by atoms with Gasteiger partial charge in [-0.2, -0.15) is 4.98 Å². The number of ether oxygens (including phenoxy) is 1. The van der Waals surface area contributed by atoms with E-state index in [0.29, 0.717) is 23.6 Å². The third kappa shape index (κ3) is 2.73. The van der Waals surface area contributed by atoms with Gasteiger partial charge in [0.2, 0.25) is 0 Å². The minimum absolute atomic E-state index is 0.164. The maximum Gasteiger partial charge on any atom is 0.273 e. The van der Waals surface area contributed by atoms with Gasteiger partial charge < -0.3 is 9.64 Å². The van der Waals surface area contributed by atoms with Crippen molar-refractivity contribution in [1.82, 2.24) is 20.0 Å². The lowest BCUT2D eigenvalue weighted by Crippen LogP contribution is -2.36. The fraction of sp³-hybridized carbons (Fsp3) is 0.455. The summed E-state index contributed by atoms with van der Waals surface area (Å²) in [5, 5.41) is 0.749. The van der Waals surface area contributed by atoms with Gasteiger partial charge in [0.05, 0.1) is 13.2 Å². The summed E-state index contributed by atoms with van der Waals surface area (Å²) < 4.78 is 6.94. The summed E-state index contributed by atoms with van der Waals surface area (Å²) in [6.07, 6.45) is 1.31. The number of hydrogen-bond acceptors (Lipinski definition) is 8. The number of carbonyl (C=O) groups is 1. The molecule has 0 unspecified atom stereocenters. The Morgan fingerprint density at radius 2 is 2.24 bits per heavy atom. The van der Waals surface area contributed by atoms with Crippen LogP contribution in [0, 0.1) is 0 Å². The van der Waals surface area contributed by atoms with E-state index in [4.69, 9.17) is 10.6 Å². The summed E-state index contributed by atoms with van der Waals surface area (Å²) in [6, 6.07) is 0. The van der Waals surface area contributed by atoms with Crippen LogP contribution in [0.25, 0.3) is 10.3 Å². The highest BCUT2D eigenvalue weighted by atomic mass is 32.1. The van der Waals surface area contributed by atoms with Crippen LogP contribution in [0.15, 0.2) is 11.1 Å². The Hall–Kier alpha value is -2.04. The van der Waals surface area contributed by atoms with Gasteiger partial charge in [-0.05, 0) is 0 Å². The minimum Gasteiger partial charge on any atom is -0.378 e. The SMILES string of the molecule is NNC(=O)Cn1cnc2nc(N3CCOCC3)sc2c1=O. The molecule has 3 rings (SSSR count). The second kappa shape index (κ2) is 5.76. The molecule has 0 radical (unpaired) electrons. The summed E-state index contributed by atoms with van der Waals surface area (Å²) in [5.41, 5.74) is 2.09. The lowest BCUT2D eigenvalue weighted by Gasteiger charge is -2.25. The highest BCUT2D eigenvalue weighted by molar-refractivity contribution is 7.22. The average molecular weight is 310 g/mol. The van der Waals surface area contributed by atoms with Gasteiger partial charge in [0.15, 0.2) is 10.8 Å². The zero-order valence-electron chi connectivity index (χ0n) is 11.1. The number of morpholine rings is 1. The number of nitrogens with zero attached hydrogens (tertiary/aromatic N) is 4. The molecule has 2 aromatic rings. The van der Waals surface area contributed by atoms with Crippen molar-refractivity contribution in [2.45, 2.75) is 6.54 Å². The molecule has 112 valence electrons. The third-order valence-corrected chi connectivity index (χ3v) is 4.22. The second-order valence-corrected chi connectivity index (χ2v) is 5.47. The van der Waals surface area contributed by atoms with E-state index in [1.54, 1.807) is 0 Å². The summed E-state index contributed by atoms with van der Waals surface area (Å²) in [4.78, 5) is 34.1. The van der Waals surface area contributed by atoms with Crippen LogP contribution in [0.3, 0.4) is 0 Å². The Balaban J connectivity index is 1.95. The zero-order chi connectivity index (χ0) is 14.8. The molecule has 0 bridgehead atoms. The van der Waals surface area contributed by atoms with Crippen LogP contribution in [0.4, 0.5) is 5.13 Å². The Morgan fingerprint density at radius 3 is 2.95 bits per heavy atom. The van der Waals surface area contributed by atoms with Gasteiger partial charge in [-0.3, -0.25) is 19.6 Å². The number of amides is 1. The van der Waals surface area contributed by atoms with Gasteiger partial charge in [0.1, 0.15) is 17.6 Å². The molecule has 0 atom stereocenters. The Morgan fingerprint density at radius 1 is 1.48 bits per heavy atom. The number of nitrogens with two attached hydrogens (primary N) is 1. The molecule has 1 aliphatic heterocycles. The molecule has 0 saturated carbocycles. The molecule has 21 heavy (non-hydrogen) atoms. The third-order valence-electron chi connectivity index (χ3n) is 3.13. The number of rotatable bonds is 3. The van der Waals surface area contributed by atoms with E-state index in [1.807, 2.05) is 5.43 Å². The molecule has 10 heteroatoms. The first kappa shape index (κ1) is 13.9. The number of nitrogens with one attached hydrogen (secondary N) is 1. The predicted molar refractivity (Wildman–Crippen MR) is 77.0 cm³/mol. The molecule has 3 N–H and O–H groups in total. The molecule has 1 fully saturated rings. The summed E-state index contributed by atoms with van der Waals surface area (Å²) >= 11 is 1.28. The van der Waals surface area contributed by atoms with E-state index in [2.05, 4.69) is 14.9 Å². The molecule has 1 saturated heterocycles. The summed E-state index contributed by atoms with van der Waals surface area (Å²) in [5.74, 6) is 4.56. The second-order valence-electron chi connectivity index (χ2n) is 4.49. The van der Waals surface area contributed by atoms with Crippen molar-refractivity contribution in [2.24, 2.45) is 5.84 Å². The van der Waals surface area contributed by atoms with Crippen molar-refractivity contribution < 1.29 is 9.53 Å². The van der Waals surface area contributed by atoms with Crippen LogP contribution in [-0.2, 0) is 16.1 Å². The lowest BCUT2D eigenvalue weighted by molar-refractivity contribution is -0.121. The highest BCUT2D eigenvalue weighted by Crippen LogP contribution is 2.25. The number of hydrogen-bond donors (Lipinski definition) is 2. The molecule has 9 nitrogen and oxygen atoms in total. The number of hydrazine groups is 1. The van der Waals surface area contributed by atoms with Crippen LogP contribution in [0.1, 0.15) is 0 Å². The zero-order valence-corrected chi connectivity index (χ0v) is 11.9. The fourth-order valence-electron chi connectivity index (χ4n) is 2.04. The average Bonchev–Trinajstić information content (AvgIpc) is 2.96. The quantitative estimate of drug-likeness (QED) is 0.410. The maximum atomic E-state index is 12.3. The molecule has 0 aliphatic carbocycles. The molecule has 3 heterocycles. The van der Waals surface area contributed by atoms with Gasteiger partial charge in [0.25, 0.3) is 11.5 Å². The monoisotopic (exact) mass is 310 g/mol. The normalized spacial score (nSPS) is 15.4. The topological polar surface area (TPSA) is 115 Å². The molecule has 2 aromatic heterocycles. The van der Waals surface area contributed by atoms with Crippen LogP contribution >= 0.6 is 11.3 Å². The first-order chi connectivity index (χ1) is 10.2. The first-order valence-electron chi connectivity index (χ1n) is 6.37. The number of anilines is 1. The van der Waals surface area contributed by atoms with E-state index >= 15 is 0 Å². The van der Waals surface area contributed by atoms with Gasteiger partial charge >= 0.3 is 0 Å². The summed E-state index contributed by atoms with van der Waals surface area (Å²) in [7, 11) is 0. The van der Waals surface area contributed by atoms with Gasteiger partial charge in [-0.15, -0.1) is 0 Å². The minimum atomic E-state index is -0.462. The summed E-state index contributed by atoms with van der Waals surface area (Å²) in [6.45, 7) is 2.60. The Kier molecular flexibility index (Phi) is 3.82. The number of thiazole rings is 1. The number of carbonyl (C=O) groups excluding carboxylic acids is 1. The predicted octanol–water partition coefficient (Wildman–Crippen LogP) is -1.32. The maximum absolute atomic E-state index is 12.3. The number of fused-ring (bicyclic) bond motifs is 1. The molecule has 0 spiro atoms. The molecule has 0 aromatic carbocycles. The van der Waals surface area contributed by atoms with Crippen molar-refractivity contribution in [2.75, 3.05) is 31.2 Å². The van der Waals surface area contributed by atoms with Gasteiger partial charge in [-0.25, -0.2) is 10.8 Å². The van der Waals surface area contributed by atoms with Crippen molar-refractivity contribution in [1.29, 1.82) is 0 Å². The van der Waals surface area contributed by atoms with Crippen LogP contribution < -0.4 is 21.7 Å². The fourth-order valence-corrected chi connectivity index (χ4v) is 3.06. The van der Waals surface area contributed by atoms with Crippen molar-refractivity contribution in [3.8, 4) is 0 Å². The van der Waals surface area contributed by atoms with Gasteiger partial charge in [0, 0.05) is 13.1 Å². The van der Waals surface area contributed by atoms with E-state index in [0.717, 1.165) is 18.2 Å². The van der Waals surface area contributed by atoms with Crippen molar-refractivity contribution >= 4 is 32.7 Å². The first-order valence-corrected chi connectivity index (χ1v) is 7.19. The molecular formula is C11H14N6O3S. The smallest absolute Gasteiger partial charge is 0.273 e.